The molecule has 102 valence electrons. The Bertz CT molecular complexity index is 613. The molecule has 1 fully saturated rings. The van der Waals surface area contributed by atoms with Crippen LogP contribution in [-0.2, 0) is 0 Å². The topological polar surface area (TPSA) is 12.0 Å². The molecular formula is C19H21N. The van der Waals surface area contributed by atoms with Gasteiger partial charge in [0.25, 0.3) is 0 Å². The van der Waals surface area contributed by atoms with Crippen molar-refractivity contribution in [2.45, 2.75) is 37.5 Å². The van der Waals surface area contributed by atoms with E-state index >= 15 is 0 Å². The molecule has 1 atom stereocenters. The van der Waals surface area contributed by atoms with E-state index in [0.717, 1.165) is 12.5 Å². The lowest BCUT2D eigenvalue weighted by Crippen LogP contribution is -2.20. The van der Waals surface area contributed by atoms with Gasteiger partial charge in [-0.25, -0.2) is 0 Å². The van der Waals surface area contributed by atoms with Gasteiger partial charge >= 0.3 is 0 Å². The Labute approximate surface area is 121 Å². The highest BCUT2D eigenvalue weighted by atomic mass is 14.9. The largest absolute Gasteiger partial charge is 0.385 e. The summed E-state index contributed by atoms with van der Waals surface area (Å²) in [5, 5.41) is 3.54. The van der Waals surface area contributed by atoms with Gasteiger partial charge in [0.05, 0.1) is 0 Å². The van der Waals surface area contributed by atoms with E-state index in [1.165, 1.54) is 36.9 Å². The lowest BCUT2D eigenvalue weighted by atomic mass is 9.74. The third-order valence-corrected chi connectivity index (χ3v) is 5.00. The molecule has 1 N–H and O–H groups in total. The first kappa shape index (κ1) is 12.0. The number of anilines is 1. The minimum Gasteiger partial charge on any atom is -0.385 e. The van der Waals surface area contributed by atoms with Crippen LogP contribution in [0.2, 0.25) is 0 Å². The number of nitrogens with one attached hydrogen (secondary N) is 1. The number of fused-ring (bicyclic) bond motifs is 1. The van der Waals surface area contributed by atoms with Crippen LogP contribution in [0.3, 0.4) is 0 Å². The van der Waals surface area contributed by atoms with Gasteiger partial charge in [-0.1, -0.05) is 48.9 Å². The maximum absolute atomic E-state index is 3.54. The van der Waals surface area contributed by atoms with Crippen LogP contribution in [0.25, 0.3) is 0 Å². The van der Waals surface area contributed by atoms with Gasteiger partial charge in [-0.3, -0.25) is 0 Å². The Kier molecular flexibility index (Phi) is 2.99. The Morgan fingerprint density at radius 2 is 1.45 bits per heavy atom. The summed E-state index contributed by atoms with van der Waals surface area (Å²) < 4.78 is 0. The van der Waals surface area contributed by atoms with Crippen molar-refractivity contribution in [3.8, 4) is 0 Å². The molecule has 1 saturated carbocycles. The molecule has 0 spiro atoms. The first-order valence-electron chi connectivity index (χ1n) is 7.85. The quantitative estimate of drug-likeness (QED) is 0.812. The zero-order valence-corrected chi connectivity index (χ0v) is 11.8. The van der Waals surface area contributed by atoms with E-state index in [4.69, 9.17) is 0 Å². The lowest BCUT2D eigenvalue weighted by molar-refractivity contribution is 0.415. The summed E-state index contributed by atoms with van der Waals surface area (Å²) in [5.74, 6) is 1.39. The highest BCUT2D eigenvalue weighted by Crippen LogP contribution is 2.44. The molecule has 0 bridgehead atoms. The van der Waals surface area contributed by atoms with Crippen LogP contribution in [0.5, 0.6) is 0 Å². The predicted molar refractivity (Wildman–Crippen MR) is 84.4 cm³/mol. The number of para-hydroxylation sites is 1. The van der Waals surface area contributed by atoms with Crippen LogP contribution in [0.15, 0.2) is 48.5 Å². The van der Waals surface area contributed by atoms with E-state index in [1.807, 2.05) is 0 Å². The summed E-state index contributed by atoms with van der Waals surface area (Å²) in [7, 11) is 0. The number of hydrogen-bond acceptors (Lipinski definition) is 1. The fraction of sp³-hybridized carbons (Fsp3) is 0.368. The Hall–Kier alpha value is -1.76. The zero-order chi connectivity index (χ0) is 13.4. The fourth-order valence-electron chi connectivity index (χ4n) is 3.71. The summed E-state index contributed by atoms with van der Waals surface area (Å²) in [4.78, 5) is 0. The second kappa shape index (κ2) is 4.97. The monoisotopic (exact) mass is 263 g/mol. The number of rotatable bonds is 2. The smallest absolute Gasteiger partial charge is 0.0379 e. The van der Waals surface area contributed by atoms with E-state index in [2.05, 4.69) is 53.8 Å². The maximum atomic E-state index is 3.54. The molecule has 0 aromatic heterocycles. The Morgan fingerprint density at radius 3 is 2.20 bits per heavy atom. The summed E-state index contributed by atoms with van der Waals surface area (Å²) in [6, 6.07) is 18.0. The minimum atomic E-state index is 0.573. The van der Waals surface area contributed by atoms with Crippen LogP contribution in [-0.4, -0.2) is 6.54 Å². The summed E-state index contributed by atoms with van der Waals surface area (Å²) >= 11 is 0. The molecule has 0 amide bonds. The molecule has 1 heteroatoms. The fourth-order valence-corrected chi connectivity index (χ4v) is 3.71. The van der Waals surface area contributed by atoms with Gasteiger partial charge in [0.2, 0.25) is 0 Å². The van der Waals surface area contributed by atoms with Crippen molar-refractivity contribution < 1.29 is 0 Å². The molecule has 4 rings (SSSR count). The third kappa shape index (κ3) is 1.93. The van der Waals surface area contributed by atoms with Crippen molar-refractivity contribution in [3.05, 3.63) is 65.2 Å². The minimum absolute atomic E-state index is 0.573. The number of hydrogen-bond donors (Lipinski definition) is 1. The van der Waals surface area contributed by atoms with Crippen molar-refractivity contribution in [1.29, 1.82) is 0 Å². The van der Waals surface area contributed by atoms with Crippen molar-refractivity contribution in [2.24, 2.45) is 0 Å². The molecule has 1 heterocycles. The van der Waals surface area contributed by atoms with E-state index in [0.29, 0.717) is 5.92 Å². The third-order valence-electron chi connectivity index (χ3n) is 5.00. The maximum Gasteiger partial charge on any atom is 0.0379 e. The highest BCUT2D eigenvalue weighted by Gasteiger charge is 2.27. The molecule has 20 heavy (non-hydrogen) atoms. The summed E-state index contributed by atoms with van der Waals surface area (Å²) in [5.41, 5.74) is 5.99. The second-order valence-electron chi connectivity index (χ2n) is 6.11. The van der Waals surface area contributed by atoms with Crippen molar-refractivity contribution in [1.82, 2.24) is 0 Å². The van der Waals surface area contributed by atoms with Gasteiger partial charge in [0, 0.05) is 18.2 Å². The zero-order valence-electron chi connectivity index (χ0n) is 11.8. The van der Waals surface area contributed by atoms with Crippen LogP contribution in [0.1, 0.15) is 54.2 Å². The molecule has 2 aliphatic rings. The van der Waals surface area contributed by atoms with Crippen LogP contribution in [0, 0.1) is 0 Å². The molecule has 2 aromatic rings. The average molecular weight is 263 g/mol. The van der Waals surface area contributed by atoms with E-state index in [9.17, 15) is 0 Å². The summed E-state index contributed by atoms with van der Waals surface area (Å²) in [6.45, 7) is 1.08. The van der Waals surface area contributed by atoms with Gasteiger partial charge in [0.1, 0.15) is 0 Å². The van der Waals surface area contributed by atoms with Crippen molar-refractivity contribution >= 4 is 5.69 Å². The van der Waals surface area contributed by atoms with Gasteiger partial charge in [0.15, 0.2) is 0 Å². The number of benzene rings is 2. The van der Waals surface area contributed by atoms with Crippen LogP contribution >= 0.6 is 0 Å². The van der Waals surface area contributed by atoms with Gasteiger partial charge < -0.3 is 5.32 Å². The SMILES string of the molecule is c1ccc2c(c1)NCCC2c1ccccc1C1CCC1. The van der Waals surface area contributed by atoms with Gasteiger partial charge in [-0.05, 0) is 47.9 Å². The second-order valence-corrected chi connectivity index (χ2v) is 6.11. The van der Waals surface area contributed by atoms with Gasteiger partial charge in [-0.15, -0.1) is 0 Å². The summed E-state index contributed by atoms with van der Waals surface area (Å²) in [6.07, 6.45) is 5.37. The molecule has 2 aromatic carbocycles. The van der Waals surface area contributed by atoms with Crippen LogP contribution < -0.4 is 5.32 Å². The molecule has 1 nitrogen and oxygen atoms in total. The van der Waals surface area contributed by atoms with E-state index < -0.39 is 0 Å². The Balaban J connectivity index is 1.78. The molecule has 0 saturated heterocycles. The molecule has 1 aliphatic carbocycles. The first-order chi connectivity index (χ1) is 9.93. The molecule has 1 aliphatic heterocycles. The van der Waals surface area contributed by atoms with Crippen molar-refractivity contribution in [2.75, 3.05) is 11.9 Å². The molecule has 0 radical (unpaired) electrons. The Morgan fingerprint density at radius 1 is 0.750 bits per heavy atom. The molecular weight excluding hydrogens is 242 g/mol. The van der Waals surface area contributed by atoms with Gasteiger partial charge in [-0.2, -0.15) is 0 Å². The highest BCUT2D eigenvalue weighted by molar-refractivity contribution is 5.58. The lowest BCUT2D eigenvalue weighted by Gasteiger charge is -2.33. The predicted octanol–water partition coefficient (Wildman–Crippen LogP) is 4.90. The molecule has 1 unspecified atom stereocenters. The van der Waals surface area contributed by atoms with Crippen LogP contribution in [0.4, 0.5) is 5.69 Å². The normalized spacial score (nSPS) is 21.7. The average Bonchev–Trinajstić information content (AvgIpc) is 2.46. The van der Waals surface area contributed by atoms with E-state index in [-0.39, 0.29) is 0 Å². The van der Waals surface area contributed by atoms with Crippen molar-refractivity contribution in [3.63, 3.8) is 0 Å². The standard InChI is InChI=1S/C19H21N/c1-2-9-16(15(8-1)14-6-5-7-14)17-12-13-20-19-11-4-3-10-18(17)19/h1-4,8-11,14,17,20H,5-7,12-13H2. The van der Waals surface area contributed by atoms with E-state index in [1.54, 1.807) is 11.1 Å². The first-order valence-corrected chi connectivity index (χ1v) is 7.85.